The minimum absolute atomic E-state index is 0.546. The van der Waals surface area contributed by atoms with E-state index in [9.17, 15) is 0 Å². The summed E-state index contributed by atoms with van der Waals surface area (Å²) in [6, 6.07) is 0. The summed E-state index contributed by atoms with van der Waals surface area (Å²) in [7, 11) is 0. The van der Waals surface area contributed by atoms with Gasteiger partial charge < -0.3 is 9.55 Å². The van der Waals surface area contributed by atoms with E-state index in [1.54, 1.807) is 0 Å². The predicted molar refractivity (Wildman–Crippen MR) is 79.4 cm³/mol. The van der Waals surface area contributed by atoms with Crippen molar-refractivity contribution in [3.63, 3.8) is 0 Å². The zero-order chi connectivity index (χ0) is 13.1. The summed E-state index contributed by atoms with van der Waals surface area (Å²) in [6.07, 6.45) is 9.03. The van der Waals surface area contributed by atoms with Crippen LogP contribution < -0.4 is 0 Å². The van der Waals surface area contributed by atoms with Gasteiger partial charge in [-0.15, -0.1) is 0 Å². The lowest BCUT2D eigenvalue weighted by atomic mass is 9.81. The summed E-state index contributed by atoms with van der Waals surface area (Å²) < 4.78 is 3.20. The van der Waals surface area contributed by atoms with Gasteiger partial charge in [-0.3, -0.25) is 0 Å². The standard InChI is InChI=1S/C15H26N2S/c1-11(2)14-10-16-15(18)17(14)9-8-13-6-4-12(3)5-7-13/h10-13H,4-9H2,1-3H3,(H,16,18). The van der Waals surface area contributed by atoms with Crippen molar-refractivity contribution < 1.29 is 0 Å². The molecule has 1 saturated carbocycles. The first-order chi connectivity index (χ1) is 8.58. The lowest BCUT2D eigenvalue weighted by molar-refractivity contribution is 0.267. The number of aromatic nitrogens is 2. The van der Waals surface area contributed by atoms with E-state index in [1.807, 2.05) is 0 Å². The zero-order valence-electron chi connectivity index (χ0n) is 11.9. The van der Waals surface area contributed by atoms with Gasteiger partial charge in [-0.1, -0.05) is 46.5 Å². The van der Waals surface area contributed by atoms with Crippen molar-refractivity contribution in [1.82, 2.24) is 9.55 Å². The van der Waals surface area contributed by atoms with E-state index in [0.29, 0.717) is 5.92 Å². The number of rotatable bonds is 4. The Morgan fingerprint density at radius 2 is 2.00 bits per heavy atom. The van der Waals surface area contributed by atoms with Crippen molar-refractivity contribution in [2.24, 2.45) is 11.8 Å². The molecule has 3 heteroatoms. The molecule has 1 aromatic heterocycles. The molecule has 0 bridgehead atoms. The summed E-state index contributed by atoms with van der Waals surface area (Å²) >= 11 is 5.39. The average Bonchev–Trinajstić information content (AvgIpc) is 2.70. The van der Waals surface area contributed by atoms with Gasteiger partial charge in [0.25, 0.3) is 0 Å². The molecule has 2 nitrogen and oxygen atoms in total. The Morgan fingerprint density at radius 1 is 1.33 bits per heavy atom. The van der Waals surface area contributed by atoms with E-state index >= 15 is 0 Å². The second-order valence-corrected chi connectivity index (χ2v) is 6.63. The molecule has 1 heterocycles. The van der Waals surface area contributed by atoms with Gasteiger partial charge in [0, 0.05) is 18.4 Å². The van der Waals surface area contributed by atoms with Crippen LogP contribution in [-0.2, 0) is 6.54 Å². The van der Waals surface area contributed by atoms with Crippen LogP contribution in [0, 0.1) is 16.6 Å². The molecule has 0 aliphatic heterocycles. The Morgan fingerprint density at radius 3 is 2.61 bits per heavy atom. The molecule has 0 amide bonds. The number of nitrogens with one attached hydrogen (secondary N) is 1. The van der Waals surface area contributed by atoms with E-state index in [0.717, 1.165) is 23.2 Å². The second kappa shape index (κ2) is 6.05. The summed E-state index contributed by atoms with van der Waals surface area (Å²) in [5, 5.41) is 0. The van der Waals surface area contributed by atoms with Crippen molar-refractivity contribution in [3.8, 4) is 0 Å². The normalized spacial score (nSPS) is 24.7. The van der Waals surface area contributed by atoms with E-state index in [1.165, 1.54) is 37.8 Å². The number of hydrogen-bond donors (Lipinski definition) is 1. The first-order valence-corrected chi connectivity index (χ1v) is 7.77. The monoisotopic (exact) mass is 266 g/mol. The maximum absolute atomic E-state index is 5.39. The first kappa shape index (κ1) is 13.9. The van der Waals surface area contributed by atoms with Crippen molar-refractivity contribution in [3.05, 3.63) is 16.7 Å². The Balaban J connectivity index is 1.94. The maximum atomic E-state index is 5.39. The van der Waals surface area contributed by atoms with E-state index < -0.39 is 0 Å². The van der Waals surface area contributed by atoms with Crippen LogP contribution in [0.3, 0.4) is 0 Å². The average molecular weight is 266 g/mol. The second-order valence-electron chi connectivity index (χ2n) is 6.24. The Labute approximate surface area is 116 Å². The fourth-order valence-electron chi connectivity index (χ4n) is 3.05. The number of imidazole rings is 1. The van der Waals surface area contributed by atoms with Gasteiger partial charge in [-0.2, -0.15) is 0 Å². The fraction of sp³-hybridized carbons (Fsp3) is 0.800. The minimum atomic E-state index is 0.546. The molecule has 0 unspecified atom stereocenters. The third-order valence-electron chi connectivity index (χ3n) is 4.39. The largest absolute Gasteiger partial charge is 0.337 e. The first-order valence-electron chi connectivity index (χ1n) is 7.36. The number of hydrogen-bond acceptors (Lipinski definition) is 1. The molecule has 0 radical (unpaired) electrons. The molecule has 1 N–H and O–H groups in total. The quantitative estimate of drug-likeness (QED) is 0.770. The molecular weight excluding hydrogens is 240 g/mol. The van der Waals surface area contributed by atoms with Crippen molar-refractivity contribution in [2.45, 2.75) is 65.3 Å². The van der Waals surface area contributed by atoms with Gasteiger partial charge >= 0.3 is 0 Å². The van der Waals surface area contributed by atoms with Gasteiger partial charge in [0.05, 0.1) is 0 Å². The minimum Gasteiger partial charge on any atom is -0.337 e. The highest BCUT2D eigenvalue weighted by Gasteiger charge is 2.18. The molecule has 1 aliphatic rings. The number of nitrogens with zero attached hydrogens (tertiary/aromatic N) is 1. The number of aromatic amines is 1. The highest BCUT2D eigenvalue weighted by Crippen LogP contribution is 2.31. The van der Waals surface area contributed by atoms with Crippen molar-refractivity contribution in [1.29, 1.82) is 0 Å². The third kappa shape index (κ3) is 3.25. The smallest absolute Gasteiger partial charge is 0.177 e. The lowest BCUT2D eigenvalue weighted by Crippen LogP contribution is -2.15. The summed E-state index contributed by atoms with van der Waals surface area (Å²) in [5.41, 5.74) is 1.35. The summed E-state index contributed by atoms with van der Waals surface area (Å²) in [6.45, 7) is 7.94. The molecule has 0 spiro atoms. The van der Waals surface area contributed by atoms with Crippen LogP contribution in [0.4, 0.5) is 0 Å². The van der Waals surface area contributed by atoms with Crippen LogP contribution in [-0.4, -0.2) is 9.55 Å². The van der Waals surface area contributed by atoms with E-state index in [-0.39, 0.29) is 0 Å². The SMILES string of the molecule is CC1CCC(CCn2c(C(C)C)c[nH]c2=S)CC1. The highest BCUT2D eigenvalue weighted by atomic mass is 32.1. The third-order valence-corrected chi connectivity index (χ3v) is 4.73. The molecule has 102 valence electrons. The molecule has 1 fully saturated rings. The van der Waals surface area contributed by atoms with Gasteiger partial charge in [0.15, 0.2) is 4.77 Å². The van der Waals surface area contributed by atoms with Crippen LogP contribution in [0.2, 0.25) is 0 Å². The molecule has 1 aliphatic carbocycles. The Kier molecular flexibility index (Phi) is 4.66. The van der Waals surface area contributed by atoms with Gasteiger partial charge in [-0.05, 0) is 36.4 Å². The summed E-state index contributed by atoms with van der Waals surface area (Å²) in [4.78, 5) is 3.19. The lowest BCUT2D eigenvalue weighted by Gasteiger charge is -2.26. The van der Waals surface area contributed by atoms with Gasteiger partial charge in [0.2, 0.25) is 0 Å². The van der Waals surface area contributed by atoms with Crippen LogP contribution in [0.25, 0.3) is 0 Å². The fourth-order valence-corrected chi connectivity index (χ4v) is 3.30. The van der Waals surface area contributed by atoms with Crippen molar-refractivity contribution in [2.75, 3.05) is 0 Å². The zero-order valence-corrected chi connectivity index (χ0v) is 12.7. The van der Waals surface area contributed by atoms with E-state index in [4.69, 9.17) is 12.2 Å². The molecule has 0 aromatic carbocycles. The highest BCUT2D eigenvalue weighted by molar-refractivity contribution is 7.71. The van der Waals surface area contributed by atoms with Crippen LogP contribution in [0.5, 0.6) is 0 Å². The molecule has 18 heavy (non-hydrogen) atoms. The topological polar surface area (TPSA) is 20.7 Å². The molecule has 0 atom stereocenters. The molecule has 0 saturated heterocycles. The van der Waals surface area contributed by atoms with Gasteiger partial charge in [0.1, 0.15) is 0 Å². The molecule has 2 rings (SSSR count). The number of H-pyrrole nitrogens is 1. The molecular formula is C15H26N2S. The van der Waals surface area contributed by atoms with Crippen molar-refractivity contribution >= 4 is 12.2 Å². The van der Waals surface area contributed by atoms with Crippen LogP contribution in [0.1, 0.15) is 64.5 Å². The van der Waals surface area contributed by atoms with Crippen LogP contribution >= 0.6 is 12.2 Å². The van der Waals surface area contributed by atoms with Crippen LogP contribution in [0.15, 0.2) is 6.20 Å². The maximum Gasteiger partial charge on any atom is 0.177 e. The van der Waals surface area contributed by atoms with E-state index in [2.05, 4.69) is 36.5 Å². The molecule has 1 aromatic rings. The summed E-state index contributed by atoms with van der Waals surface area (Å²) in [5.74, 6) is 2.41. The predicted octanol–water partition coefficient (Wildman–Crippen LogP) is 4.89. The Hall–Kier alpha value is -0.570. The Bertz CT molecular complexity index is 422. The van der Waals surface area contributed by atoms with Gasteiger partial charge in [-0.25, -0.2) is 0 Å².